The minimum Gasteiger partial charge on any atom is -0.480 e. The van der Waals surface area contributed by atoms with Crippen LogP contribution in [0.3, 0.4) is 0 Å². The number of carbonyl (C=O) groups is 2. The minimum atomic E-state index is -0.955. The highest BCUT2D eigenvalue weighted by atomic mass is 16.4. The molecule has 0 radical (unpaired) electrons. The van der Waals surface area contributed by atoms with Gasteiger partial charge < -0.3 is 19.5 Å². The SMILES string of the molecule is Cc1nc(C)c(C(=O)N2CCN(CC(=O)O)C[C@@H](O)C2)o1. The molecule has 0 bridgehead atoms. The van der Waals surface area contributed by atoms with Crippen molar-refractivity contribution in [2.75, 3.05) is 32.7 Å². The molecule has 8 heteroatoms. The first-order valence-corrected chi connectivity index (χ1v) is 6.72. The Morgan fingerprint density at radius 1 is 1.33 bits per heavy atom. The van der Waals surface area contributed by atoms with Gasteiger partial charge in [-0.3, -0.25) is 14.5 Å². The van der Waals surface area contributed by atoms with Crippen LogP contribution in [0.25, 0.3) is 0 Å². The van der Waals surface area contributed by atoms with Crippen molar-refractivity contribution in [2.45, 2.75) is 20.0 Å². The highest BCUT2D eigenvalue weighted by Crippen LogP contribution is 2.14. The van der Waals surface area contributed by atoms with Crippen molar-refractivity contribution < 1.29 is 24.2 Å². The Morgan fingerprint density at radius 2 is 2.05 bits per heavy atom. The van der Waals surface area contributed by atoms with Crippen LogP contribution in [0.4, 0.5) is 0 Å². The molecule has 2 N–H and O–H groups in total. The van der Waals surface area contributed by atoms with Gasteiger partial charge in [0.15, 0.2) is 5.89 Å². The maximum Gasteiger partial charge on any atom is 0.317 e. The second-order valence-electron chi connectivity index (χ2n) is 5.18. The molecule has 1 aliphatic heterocycles. The molecule has 0 unspecified atom stereocenters. The number of carbonyl (C=O) groups excluding carboxylic acids is 1. The summed E-state index contributed by atoms with van der Waals surface area (Å²) in [6.45, 7) is 4.30. The van der Waals surface area contributed by atoms with Crippen molar-refractivity contribution >= 4 is 11.9 Å². The van der Waals surface area contributed by atoms with Gasteiger partial charge in [0.25, 0.3) is 5.91 Å². The summed E-state index contributed by atoms with van der Waals surface area (Å²) in [5.74, 6) is -0.696. The normalized spacial score (nSPS) is 20.3. The second kappa shape index (κ2) is 6.23. The van der Waals surface area contributed by atoms with E-state index in [1.165, 1.54) is 4.90 Å². The molecule has 1 amide bonds. The monoisotopic (exact) mass is 297 g/mol. The van der Waals surface area contributed by atoms with Gasteiger partial charge in [-0.15, -0.1) is 0 Å². The molecular formula is C13H19N3O5. The number of oxazole rings is 1. The van der Waals surface area contributed by atoms with Crippen LogP contribution >= 0.6 is 0 Å². The smallest absolute Gasteiger partial charge is 0.317 e. The van der Waals surface area contributed by atoms with Gasteiger partial charge in [-0.2, -0.15) is 0 Å². The van der Waals surface area contributed by atoms with E-state index in [1.807, 2.05) is 0 Å². The first kappa shape index (κ1) is 15.5. The number of carboxylic acids is 1. The van der Waals surface area contributed by atoms with E-state index in [-0.39, 0.29) is 31.3 Å². The van der Waals surface area contributed by atoms with Crippen molar-refractivity contribution in [2.24, 2.45) is 0 Å². The zero-order valence-corrected chi connectivity index (χ0v) is 12.1. The molecule has 0 aromatic carbocycles. The number of rotatable bonds is 3. The molecule has 21 heavy (non-hydrogen) atoms. The lowest BCUT2D eigenvalue weighted by molar-refractivity contribution is -0.138. The fraction of sp³-hybridized carbons (Fsp3) is 0.615. The van der Waals surface area contributed by atoms with E-state index in [2.05, 4.69) is 4.98 Å². The number of aliphatic carboxylic acids is 1. The summed E-state index contributed by atoms with van der Waals surface area (Å²) in [7, 11) is 0. The predicted octanol–water partition coefficient (Wildman–Crippen LogP) is -0.505. The second-order valence-corrected chi connectivity index (χ2v) is 5.18. The van der Waals surface area contributed by atoms with E-state index in [9.17, 15) is 14.7 Å². The molecule has 1 aliphatic rings. The van der Waals surface area contributed by atoms with E-state index < -0.39 is 12.1 Å². The summed E-state index contributed by atoms with van der Waals surface area (Å²) in [5, 5.41) is 18.7. The van der Waals surface area contributed by atoms with Crippen LogP contribution in [-0.4, -0.2) is 75.7 Å². The van der Waals surface area contributed by atoms with Gasteiger partial charge in [0.2, 0.25) is 5.76 Å². The molecule has 116 valence electrons. The van der Waals surface area contributed by atoms with Crippen molar-refractivity contribution in [1.82, 2.24) is 14.8 Å². The first-order chi connectivity index (χ1) is 9.86. The van der Waals surface area contributed by atoms with E-state index in [1.54, 1.807) is 18.7 Å². The molecule has 8 nitrogen and oxygen atoms in total. The van der Waals surface area contributed by atoms with Gasteiger partial charge in [-0.05, 0) is 6.92 Å². The summed E-state index contributed by atoms with van der Waals surface area (Å²) in [4.78, 5) is 30.3. The maximum atomic E-state index is 12.4. The molecule has 1 atom stereocenters. The first-order valence-electron chi connectivity index (χ1n) is 6.72. The molecule has 1 aromatic rings. The van der Waals surface area contributed by atoms with Gasteiger partial charge in [0.05, 0.1) is 18.3 Å². The third-order valence-electron chi connectivity index (χ3n) is 3.33. The number of hydrogen-bond acceptors (Lipinski definition) is 6. The standard InChI is InChI=1S/C13H19N3O5/c1-8-12(21-9(2)14-8)13(20)16-4-3-15(7-11(18)19)5-10(17)6-16/h10,17H,3-7H2,1-2H3,(H,18,19)/t10-/m1/s1. The zero-order chi connectivity index (χ0) is 15.6. The number of aliphatic hydroxyl groups is 1. The molecule has 0 spiro atoms. The lowest BCUT2D eigenvalue weighted by Crippen LogP contribution is -2.37. The number of aryl methyl sites for hydroxylation is 2. The summed E-state index contributed by atoms with van der Waals surface area (Å²) in [6.07, 6.45) is -0.792. The fourth-order valence-electron chi connectivity index (χ4n) is 2.45. The average Bonchev–Trinajstić information content (AvgIpc) is 2.60. The van der Waals surface area contributed by atoms with Gasteiger partial charge in [-0.1, -0.05) is 0 Å². The zero-order valence-electron chi connectivity index (χ0n) is 12.1. The van der Waals surface area contributed by atoms with Gasteiger partial charge in [0.1, 0.15) is 0 Å². The highest BCUT2D eigenvalue weighted by molar-refractivity contribution is 5.92. The average molecular weight is 297 g/mol. The van der Waals surface area contributed by atoms with Crippen LogP contribution in [0.5, 0.6) is 0 Å². The van der Waals surface area contributed by atoms with Crippen LogP contribution < -0.4 is 0 Å². The molecule has 2 heterocycles. The molecule has 0 aliphatic carbocycles. The van der Waals surface area contributed by atoms with Gasteiger partial charge in [0, 0.05) is 33.1 Å². The summed E-state index contributed by atoms with van der Waals surface area (Å²) < 4.78 is 5.31. The number of amides is 1. The van der Waals surface area contributed by atoms with Crippen molar-refractivity contribution in [3.05, 3.63) is 17.3 Å². The molecule has 0 saturated carbocycles. The molecule has 2 rings (SSSR count). The number of aromatic nitrogens is 1. The highest BCUT2D eigenvalue weighted by Gasteiger charge is 2.28. The van der Waals surface area contributed by atoms with Crippen LogP contribution in [0, 0.1) is 13.8 Å². The Balaban J connectivity index is 2.08. The van der Waals surface area contributed by atoms with E-state index >= 15 is 0 Å². The third kappa shape index (κ3) is 3.79. The Bertz CT molecular complexity index is 542. The Hall–Kier alpha value is -1.93. The maximum absolute atomic E-state index is 12.4. The molecule has 1 saturated heterocycles. The van der Waals surface area contributed by atoms with Crippen molar-refractivity contribution in [3.63, 3.8) is 0 Å². The van der Waals surface area contributed by atoms with E-state index in [4.69, 9.17) is 9.52 Å². The van der Waals surface area contributed by atoms with Crippen LogP contribution in [-0.2, 0) is 4.79 Å². The fourth-order valence-corrected chi connectivity index (χ4v) is 2.45. The molecular weight excluding hydrogens is 278 g/mol. The van der Waals surface area contributed by atoms with Crippen molar-refractivity contribution in [3.8, 4) is 0 Å². The van der Waals surface area contributed by atoms with Crippen molar-refractivity contribution in [1.29, 1.82) is 0 Å². The topological polar surface area (TPSA) is 107 Å². The molecule has 1 aromatic heterocycles. The lowest BCUT2D eigenvalue weighted by atomic mass is 10.3. The number of hydrogen-bond donors (Lipinski definition) is 2. The third-order valence-corrected chi connectivity index (χ3v) is 3.33. The van der Waals surface area contributed by atoms with Crippen LogP contribution in [0.2, 0.25) is 0 Å². The summed E-state index contributed by atoms with van der Waals surface area (Å²) in [6, 6.07) is 0. The summed E-state index contributed by atoms with van der Waals surface area (Å²) >= 11 is 0. The van der Waals surface area contributed by atoms with Gasteiger partial charge >= 0.3 is 5.97 Å². The van der Waals surface area contributed by atoms with E-state index in [0.29, 0.717) is 24.7 Å². The Labute approximate surface area is 122 Å². The number of nitrogens with zero attached hydrogens (tertiary/aromatic N) is 3. The number of carboxylic acid groups (broad SMARTS) is 1. The van der Waals surface area contributed by atoms with E-state index in [0.717, 1.165) is 0 Å². The quantitative estimate of drug-likeness (QED) is 0.774. The summed E-state index contributed by atoms with van der Waals surface area (Å²) in [5.41, 5.74) is 0.513. The number of aliphatic hydroxyl groups excluding tert-OH is 1. The predicted molar refractivity (Wildman–Crippen MR) is 72.0 cm³/mol. The largest absolute Gasteiger partial charge is 0.480 e. The van der Waals surface area contributed by atoms with Crippen LogP contribution in [0.15, 0.2) is 4.42 Å². The van der Waals surface area contributed by atoms with Crippen LogP contribution in [0.1, 0.15) is 22.1 Å². The molecule has 1 fully saturated rings. The lowest BCUT2D eigenvalue weighted by Gasteiger charge is -2.20. The minimum absolute atomic E-state index is 0.147. The van der Waals surface area contributed by atoms with Gasteiger partial charge in [-0.25, -0.2) is 4.98 Å². The number of β-amino-alcohol motifs (C(OH)–C–C–N with tert-alkyl or cyclic N) is 1. The Morgan fingerprint density at radius 3 is 2.62 bits per heavy atom. The Kier molecular flexibility index (Phi) is 4.59.